The maximum absolute atomic E-state index is 13.1. The topological polar surface area (TPSA) is 71.5 Å². The summed E-state index contributed by atoms with van der Waals surface area (Å²) in [5, 5.41) is 4.98. The molecule has 1 aromatic carbocycles. The van der Waals surface area contributed by atoms with Crippen molar-refractivity contribution in [3.63, 3.8) is 0 Å². The molecule has 1 aliphatic heterocycles. The molecule has 1 saturated carbocycles. The average molecular weight is 400 g/mol. The number of likely N-dealkylation sites (tertiary alicyclic amines) is 1. The molecular weight excluding hydrogens is 374 g/mol. The van der Waals surface area contributed by atoms with E-state index in [0.717, 1.165) is 25.1 Å². The van der Waals surface area contributed by atoms with Crippen LogP contribution in [0.1, 0.15) is 41.7 Å². The van der Waals surface area contributed by atoms with Gasteiger partial charge in [0.25, 0.3) is 5.91 Å². The predicted molar refractivity (Wildman–Crippen MR) is 107 cm³/mol. The second-order valence-corrected chi connectivity index (χ2v) is 8.26. The molecule has 2 fully saturated rings. The van der Waals surface area contributed by atoms with Crippen molar-refractivity contribution in [3.05, 3.63) is 46.4 Å². The van der Waals surface area contributed by atoms with Gasteiger partial charge in [-0.05, 0) is 43.7 Å². The molecule has 2 aliphatic rings. The Kier molecular flexibility index (Phi) is 5.90. The van der Waals surface area contributed by atoms with Gasteiger partial charge in [-0.15, -0.1) is 11.3 Å². The van der Waals surface area contributed by atoms with Gasteiger partial charge in [0.05, 0.1) is 22.7 Å². The van der Waals surface area contributed by atoms with Gasteiger partial charge in [-0.1, -0.05) is 12.1 Å². The number of hydrogen-bond acceptors (Lipinski definition) is 5. The van der Waals surface area contributed by atoms with Gasteiger partial charge >= 0.3 is 0 Å². The largest absolute Gasteiger partial charge is 0.486 e. The van der Waals surface area contributed by atoms with Crippen LogP contribution < -0.4 is 10.1 Å². The fraction of sp³-hybridized carbons (Fsp3) is 0.476. The van der Waals surface area contributed by atoms with Crippen molar-refractivity contribution in [2.24, 2.45) is 11.8 Å². The Labute approximate surface area is 168 Å². The SMILES string of the molecule is O=C(NCC1CC1)C1CCCN(C(=O)c2ccccc2OCc2cscn2)C1. The van der Waals surface area contributed by atoms with Crippen LogP contribution in [-0.4, -0.2) is 41.3 Å². The molecular formula is C21H25N3O3S. The molecule has 2 aromatic rings. The number of amides is 2. The molecule has 1 N–H and O–H groups in total. The predicted octanol–water partition coefficient (Wildman–Crippen LogP) is 3.10. The van der Waals surface area contributed by atoms with Crippen LogP contribution in [0.25, 0.3) is 0 Å². The molecule has 4 rings (SSSR count). The standard InChI is InChI=1S/C21H25N3O3S/c25-20(22-10-15-7-8-15)16-4-3-9-24(11-16)21(26)18-5-1-2-6-19(18)27-12-17-13-28-14-23-17/h1-2,5-6,13-16H,3-4,7-12H2,(H,22,25). The second-order valence-electron chi connectivity index (χ2n) is 7.54. The number of nitrogens with one attached hydrogen (secondary N) is 1. The number of piperidine rings is 1. The van der Waals surface area contributed by atoms with E-state index in [-0.39, 0.29) is 17.7 Å². The number of nitrogens with zero attached hydrogens (tertiary/aromatic N) is 2. The lowest BCUT2D eigenvalue weighted by Crippen LogP contribution is -2.45. The van der Waals surface area contributed by atoms with Gasteiger partial charge in [0.15, 0.2) is 0 Å². The molecule has 28 heavy (non-hydrogen) atoms. The number of rotatable bonds is 7. The number of carbonyl (C=O) groups excluding carboxylic acids is 2. The summed E-state index contributed by atoms with van der Waals surface area (Å²) < 4.78 is 5.86. The van der Waals surface area contributed by atoms with E-state index in [0.29, 0.717) is 36.9 Å². The molecule has 2 amide bonds. The van der Waals surface area contributed by atoms with E-state index in [1.165, 1.54) is 24.2 Å². The highest BCUT2D eigenvalue weighted by molar-refractivity contribution is 7.07. The Bertz CT molecular complexity index is 820. The lowest BCUT2D eigenvalue weighted by Gasteiger charge is -2.32. The highest BCUT2D eigenvalue weighted by Crippen LogP contribution is 2.28. The van der Waals surface area contributed by atoms with Crippen molar-refractivity contribution < 1.29 is 14.3 Å². The van der Waals surface area contributed by atoms with E-state index in [2.05, 4.69) is 10.3 Å². The van der Waals surface area contributed by atoms with Crippen molar-refractivity contribution in [2.45, 2.75) is 32.3 Å². The molecule has 1 unspecified atom stereocenters. The number of aromatic nitrogens is 1. The van der Waals surface area contributed by atoms with Crippen molar-refractivity contribution in [2.75, 3.05) is 19.6 Å². The molecule has 2 heterocycles. The smallest absolute Gasteiger partial charge is 0.257 e. The third-order valence-electron chi connectivity index (χ3n) is 5.32. The van der Waals surface area contributed by atoms with Gasteiger partial charge in [0.2, 0.25) is 5.91 Å². The van der Waals surface area contributed by atoms with E-state index < -0.39 is 0 Å². The summed E-state index contributed by atoms with van der Waals surface area (Å²) >= 11 is 1.52. The highest BCUT2D eigenvalue weighted by Gasteiger charge is 2.31. The summed E-state index contributed by atoms with van der Waals surface area (Å²) in [7, 11) is 0. The van der Waals surface area contributed by atoms with Crippen molar-refractivity contribution in [1.82, 2.24) is 15.2 Å². The van der Waals surface area contributed by atoms with Crippen molar-refractivity contribution >= 4 is 23.2 Å². The lowest BCUT2D eigenvalue weighted by molar-refractivity contribution is -0.126. The van der Waals surface area contributed by atoms with Gasteiger partial charge in [-0.3, -0.25) is 9.59 Å². The number of thiazole rings is 1. The first-order chi connectivity index (χ1) is 13.7. The lowest BCUT2D eigenvalue weighted by atomic mass is 9.96. The minimum Gasteiger partial charge on any atom is -0.486 e. The molecule has 0 bridgehead atoms. The maximum atomic E-state index is 13.1. The normalized spacial score (nSPS) is 19.3. The van der Waals surface area contributed by atoms with Gasteiger partial charge in [0.1, 0.15) is 12.4 Å². The summed E-state index contributed by atoms with van der Waals surface area (Å²) in [5.41, 5.74) is 3.15. The summed E-state index contributed by atoms with van der Waals surface area (Å²) in [6.07, 6.45) is 4.11. The summed E-state index contributed by atoms with van der Waals surface area (Å²) in [6.45, 7) is 2.25. The van der Waals surface area contributed by atoms with Crippen LogP contribution >= 0.6 is 11.3 Å². The zero-order valence-electron chi connectivity index (χ0n) is 15.8. The zero-order valence-corrected chi connectivity index (χ0v) is 16.6. The minimum atomic E-state index is -0.125. The van der Waals surface area contributed by atoms with Crippen LogP contribution in [0.5, 0.6) is 5.75 Å². The monoisotopic (exact) mass is 399 g/mol. The second kappa shape index (κ2) is 8.73. The molecule has 0 radical (unpaired) electrons. The highest BCUT2D eigenvalue weighted by atomic mass is 32.1. The Morgan fingerprint density at radius 1 is 1.25 bits per heavy atom. The third-order valence-corrected chi connectivity index (χ3v) is 5.95. The summed E-state index contributed by atoms with van der Waals surface area (Å²) in [5.74, 6) is 1.10. The van der Waals surface area contributed by atoms with Gasteiger partial charge in [-0.25, -0.2) is 4.98 Å². The van der Waals surface area contributed by atoms with Gasteiger partial charge in [0, 0.05) is 25.0 Å². The average Bonchev–Trinajstić information content (AvgIpc) is 3.43. The summed E-state index contributed by atoms with van der Waals surface area (Å²) in [6, 6.07) is 7.29. The molecule has 1 aromatic heterocycles. The van der Waals surface area contributed by atoms with Gasteiger partial charge in [-0.2, -0.15) is 0 Å². The number of benzene rings is 1. The first-order valence-electron chi connectivity index (χ1n) is 9.86. The molecule has 1 atom stereocenters. The first-order valence-corrected chi connectivity index (χ1v) is 10.8. The van der Waals surface area contributed by atoms with Crippen LogP contribution in [-0.2, 0) is 11.4 Å². The van der Waals surface area contributed by atoms with Crippen LogP contribution in [0, 0.1) is 11.8 Å². The van der Waals surface area contributed by atoms with Crippen LogP contribution in [0.15, 0.2) is 35.2 Å². The van der Waals surface area contributed by atoms with E-state index in [9.17, 15) is 9.59 Å². The van der Waals surface area contributed by atoms with E-state index in [4.69, 9.17) is 4.74 Å². The molecule has 1 saturated heterocycles. The number of carbonyl (C=O) groups is 2. The van der Waals surface area contributed by atoms with E-state index in [1.54, 1.807) is 16.5 Å². The summed E-state index contributed by atoms with van der Waals surface area (Å²) in [4.78, 5) is 31.6. The Hall–Kier alpha value is -2.41. The molecule has 7 heteroatoms. The van der Waals surface area contributed by atoms with Crippen LogP contribution in [0.2, 0.25) is 0 Å². The quantitative estimate of drug-likeness (QED) is 0.777. The Balaban J connectivity index is 1.39. The first kappa shape index (κ1) is 18.9. The fourth-order valence-corrected chi connectivity index (χ4v) is 4.03. The van der Waals surface area contributed by atoms with Gasteiger partial charge < -0.3 is 15.0 Å². The molecule has 1 aliphatic carbocycles. The zero-order chi connectivity index (χ0) is 19.3. The molecule has 6 nitrogen and oxygen atoms in total. The fourth-order valence-electron chi connectivity index (χ4n) is 3.49. The van der Waals surface area contributed by atoms with Crippen LogP contribution in [0.3, 0.4) is 0 Å². The number of ether oxygens (including phenoxy) is 1. The third kappa shape index (κ3) is 4.70. The Morgan fingerprint density at radius 2 is 2.11 bits per heavy atom. The maximum Gasteiger partial charge on any atom is 0.257 e. The van der Waals surface area contributed by atoms with E-state index in [1.807, 2.05) is 23.6 Å². The number of hydrogen-bond donors (Lipinski definition) is 1. The van der Waals surface area contributed by atoms with Crippen molar-refractivity contribution in [1.29, 1.82) is 0 Å². The number of para-hydroxylation sites is 1. The van der Waals surface area contributed by atoms with Crippen molar-refractivity contribution in [3.8, 4) is 5.75 Å². The minimum absolute atomic E-state index is 0.0754. The Morgan fingerprint density at radius 3 is 2.89 bits per heavy atom. The molecule has 0 spiro atoms. The molecule has 148 valence electrons. The van der Waals surface area contributed by atoms with E-state index >= 15 is 0 Å². The van der Waals surface area contributed by atoms with Crippen LogP contribution in [0.4, 0.5) is 0 Å².